The molecule has 0 aromatic rings. The van der Waals surface area contributed by atoms with Crippen molar-refractivity contribution in [2.45, 2.75) is 266 Å². The maximum atomic E-state index is 11.5. The molecule has 8 heterocycles. The van der Waals surface area contributed by atoms with Crippen molar-refractivity contribution in [3.8, 4) is 0 Å². The van der Waals surface area contributed by atoms with E-state index in [1.807, 2.05) is 13.8 Å². The summed E-state index contributed by atoms with van der Waals surface area (Å²) in [5.74, 6) is -0.0949. The lowest BCUT2D eigenvalue weighted by Crippen LogP contribution is -2.62. The quantitative estimate of drug-likeness (QED) is 0.157. The molecule has 10 fully saturated rings. The fourth-order valence-corrected chi connectivity index (χ4v) is 16.1. The summed E-state index contributed by atoms with van der Waals surface area (Å²) in [5.41, 5.74) is 1.51. The Bertz CT molecular complexity index is 2010. The van der Waals surface area contributed by atoms with Crippen LogP contribution in [-0.4, -0.2) is 213 Å². The second kappa shape index (κ2) is 21.3. The molecule has 0 unspecified atom stereocenters. The van der Waals surface area contributed by atoms with Gasteiger partial charge in [-0.25, -0.2) is 0 Å². The molecule has 0 aromatic heterocycles. The number of hydrogen-bond donors (Lipinski definition) is 5. The SMILES string of the molecule is CO[C@H]1C[C@@H](O[C@H]2[C@@H](OC)C[C@H](O[C@H]3CC[C@@]4(C)C(=CC[C@@H]5[C@@H]4CC[C@]4(C)[C@@H]6[C@H]7CO[C@]6(C)O[C@@]54O7)C3)O[C@@H]2C)O[C@@H](C)[C@H]1O[C@H]1C[C@@H](O)[C@H](O[C@H]2C[C@@H](OC)[C@H](O[C@@H]3O[C@H](CO)[C@@H](O)[C@H](O)[C@H]3O)[C@@H](C)O2)[C@@H](C)O1. The highest BCUT2D eigenvalue weighted by Gasteiger charge is 2.83. The lowest BCUT2D eigenvalue weighted by atomic mass is 9.48. The van der Waals surface area contributed by atoms with Gasteiger partial charge >= 0.3 is 0 Å². The summed E-state index contributed by atoms with van der Waals surface area (Å²) in [5, 5.41) is 52.2. The maximum Gasteiger partial charge on any atom is 0.187 e. The van der Waals surface area contributed by atoms with Crippen LogP contribution < -0.4 is 0 Å². The first-order valence-corrected chi connectivity index (χ1v) is 27.9. The molecule has 8 saturated heterocycles. The van der Waals surface area contributed by atoms with E-state index in [1.165, 1.54) is 19.1 Å². The first kappa shape index (κ1) is 55.8. The van der Waals surface area contributed by atoms with E-state index < -0.39 is 135 Å². The van der Waals surface area contributed by atoms with Gasteiger partial charge in [-0.05, 0) is 84.5 Å². The van der Waals surface area contributed by atoms with Crippen LogP contribution in [0.1, 0.15) is 113 Å². The summed E-state index contributed by atoms with van der Waals surface area (Å²) < 4.78 is 101. The van der Waals surface area contributed by atoms with Crippen LogP contribution >= 0.6 is 0 Å². The van der Waals surface area contributed by atoms with Crippen LogP contribution in [0, 0.1) is 28.6 Å². The van der Waals surface area contributed by atoms with E-state index in [0.29, 0.717) is 31.3 Å². The summed E-state index contributed by atoms with van der Waals surface area (Å²) in [7, 11) is 4.83. The van der Waals surface area contributed by atoms with Gasteiger partial charge in [0.05, 0.1) is 80.2 Å². The number of ether oxygens (including phenoxy) is 16. The molecule has 11 aliphatic rings. The molecule has 0 aromatic carbocycles. The zero-order chi connectivity index (χ0) is 53.1. The Hall–Kier alpha value is -1.10. The third-order valence-electron chi connectivity index (χ3n) is 20.0. The van der Waals surface area contributed by atoms with E-state index in [9.17, 15) is 25.5 Å². The van der Waals surface area contributed by atoms with Crippen LogP contribution in [0.5, 0.6) is 0 Å². The minimum absolute atomic E-state index is 0.0286. The van der Waals surface area contributed by atoms with Gasteiger partial charge < -0.3 is 101 Å². The van der Waals surface area contributed by atoms with Crippen molar-refractivity contribution in [3.05, 3.63) is 11.6 Å². The van der Waals surface area contributed by atoms with Crippen LogP contribution in [0.25, 0.3) is 0 Å². The van der Waals surface area contributed by atoms with Gasteiger partial charge in [0, 0.05) is 58.3 Å². The van der Waals surface area contributed by atoms with E-state index in [1.54, 1.807) is 28.1 Å². The van der Waals surface area contributed by atoms with Gasteiger partial charge in [0.2, 0.25) is 0 Å². The first-order valence-electron chi connectivity index (χ1n) is 27.9. The lowest BCUT2D eigenvalue weighted by molar-refractivity contribution is -0.359. The number of fused-ring (bicyclic) bond motifs is 3. The van der Waals surface area contributed by atoms with Crippen LogP contribution in [0.3, 0.4) is 0 Å². The molecule has 21 heteroatoms. The summed E-state index contributed by atoms with van der Waals surface area (Å²) in [6.45, 7) is 14.5. The molecule has 0 radical (unpaired) electrons. The van der Waals surface area contributed by atoms with Crippen molar-refractivity contribution in [1.82, 2.24) is 0 Å². The van der Waals surface area contributed by atoms with Gasteiger partial charge in [0.15, 0.2) is 43.0 Å². The molecule has 0 spiro atoms. The Balaban J connectivity index is 0.645. The molecule has 2 saturated carbocycles. The Morgan fingerprint density at radius 3 is 1.72 bits per heavy atom. The monoisotopic (exact) mass is 1070 g/mol. The van der Waals surface area contributed by atoms with Crippen molar-refractivity contribution < 1.29 is 101 Å². The van der Waals surface area contributed by atoms with Crippen molar-refractivity contribution in [2.75, 3.05) is 34.5 Å². The van der Waals surface area contributed by atoms with E-state index in [2.05, 4.69) is 26.8 Å². The Morgan fingerprint density at radius 2 is 1.16 bits per heavy atom. The van der Waals surface area contributed by atoms with E-state index in [0.717, 1.165) is 32.1 Å². The lowest BCUT2D eigenvalue weighted by Gasteiger charge is -2.59. The topological polar surface area (TPSA) is 249 Å². The number of rotatable bonds is 14. The van der Waals surface area contributed by atoms with Crippen molar-refractivity contribution in [1.29, 1.82) is 0 Å². The average Bonchev–Trinajstić information content (AvgIpc) is 3.87. The second-order valence-electron chi connectivity index (χ2n) is 24.3. The van der Waals surface area contributed by atoms with E-state index in [4.69, 9.17) is 75.8 Å². The molecule has 0 amide bonds. The van der Waals surface area contributed by atoms with Gasteiger partial charge in [-0.1, -0.05) is 25.5 Å². The number of hydrogen-bond acceptors (Lipinski definition) is 21. The Kier molecular flexibility index (Phi) is 15.9. The van der Waals surface area contributed by atoms with Crippen LogP contribution in [0.2, 0.25) is 0 Å². The molecule has 11 rings (SSSR count). The second-order valence-corrected chi connectivity index (χ2v) is 24.3. The zero-order valence-electron chi connectivity index (χ0n) is 45.3. The van der Waals surface area contributed by atoms with Crippen LogP contribution in [0.15, 0.2) is 11.6 Å². The molecule has 428 valence electrons. The highest BCUT2D eigenvalue weighted by atomic mass is 16.8. The van der Waals surface area contributed by atoms with Crippen molar-refractivity contribution in [3.63, 3.8) is 0 Å². The van der Waals surface area contributed by atoms with Gasteiger partial charge in [-0.3, -0.25) is 0 Å². The zero-order valence-corrected chi connectivity index (χ0v) is 45.3. The number of allylic oxidation sites excluding steroid dienone is 1. The fraction of sp³-hybridized carbons (Fsp3) is 0.963. The molecule has 30 atom stereocenters. The van der Waals surface area contributed by atoms with Crippen molar-refractivity contribution in [2.24, 2.45) is 28.6 Å². The van der Waals surface area contributed by atoms with Gasteiger partial charge in [-0.15, -0.1) is 0 Å². The predicted molar refractivity (Wildman–Crippen MR) is 258 cm³/mol. The third-order valence-corrected chi connectivity index (χ3v) is 20.0. The third kappa shape index (κ3) is 9.55. The average molecular weight is 1070 g/mol. The summed E-state index contributed by atoms with van der Waals surface area (Å²) in [6.07, 6.45) is -7.07. The van der Waals surface area contributed by atoms with Gasteiger partial charge in [-0.2, -0.15) is 0 Å². The molecule has 21 nitrogen and oxygen atoms in total. The summed E-state index contributed by atoms with van der Waals surface area (Å²) in [4.78, 5) is 0. The van der Waals surface area contributed by atoms with Gasteiger partial charge in [0.25, 0.3) is 0 Å². The normalized spacial score (nSPS) is 56.5. The van der Waals surface area contributed by atoms with Crippen LogP contribution in [0.4, 0.5) is 0 Å². The first-order chi connectivity index (χ1) is 35.8. The smallest absolute Gasteiger partial charge is 0.187 e. The van der Waals surface area contributed by atoms with E-state index in [-0.39, 0.29) is 54.0 Å². The van der Waals surface area contributed by atoms with E-state index >= 15 is 0 Å². The minimum atomic E-state index is -1.60. The Morgan fingerprint density at radius 1 is 0.613 bits per heavy atom. The number of methoxy groups -OCH3 is 3. The maximum absolute atomic E-state index is 11.5. The summed E-state index contributed by atoms with van der Waals surface area (Å²) >= 11 is 0. The highest BCUT2D eigenvalue weighted by Crippen LogP contribution is 2.76. The minimum Gasteiger partial charge on any atom is -0.394 e. The number of aliphatic hydroxyl groups excluding tert-OH is 5. The molecule has 3 aliphatic carbocycles. The molecule has 8 aliphatic heterocycles. The van der Waals surface area contributed by atoms with Gasteiger partial charge in [0.1, 0.15) is 48.8 Å². The summed E-state index contributed by atoms with van der Waals surface area (Å²) in [6, 6.07) is 0. The molecular weight excluding hydrogens is 985 g/mol. The molecular formula is C54H86O21. The molecule has 5 N–H and O–H groups in total. The Labute approximate surface area is 440 Å². The predicted octanol–water partition coefficient (Wildman–Crippen LogP) is 2.70. The molecule has 75 heavy (non-hydrogen) atoms. The largest absolute Gasteiger partial charge is 0.394 e. The molecule has 2 bridgehead atoms. The number of aliphatic hydroxyl groups is 5. The van der Waals surface area contributed by atoms with Crippen LogP contribution in [-0.2, 0) is 75.8 Å². The highest BCUT2D eigenvalue weighted by molar-refractivity contribution is 5.30. The fourth-order valence-electron chi connectivity index (χ4n) is 16.1. The standard InChI is InChI=1S/C54H86O21/c1-24-45(70-40-21-35(62-10)48(27(4)67-40)73-50-44(59)43(58)42(57)36(22-55)69-50)32(56)18-38(64-24)71-46-26(3)66-41(20-34(46)61-9)72-47-25(2)65-39(19-33(47)60-8)68-29-13-15-51(5)28(17-29)11-12-31-30(51)14-16-52(6)49-37-23-63-53(49,7)75-54(31,52)74-37/h11,24-27,29-50,55-59H,12-23H2,1-10H3/t24-,25-,26+,27-,29+,30+,31-,32-,33+,34+,35-,36-,37-,38+,39+,40+,41-,42-,43+,44-,45-,46-,47-,48-,49+,50+,51+,52-,53-,54+/m1/s1. The van der Waals surface area contributed by atoms with Crippen molar-refractivity contribution >= 4 is 0 Å².